The van der Waals surface area contributed by atoms with E-state index in [0.717, 1.165) is 0 Å². The zero-order valence-corrected chi connectivity index (χ0v) is 9.54. The zero-order chi connectivity index (χ0) is 12.3. The third kappa shape index (κ3) is 2.39. The summed E-state index contributed by atoms with van der Waals surface area (Å²) in [6, 6.07) is 0.803. The molecule has 0 saturated carbocycles. The molecule has 1 rings (SSSR count). The summed E-state index contributed by atoms with van der Waals surface area (Å²) in [6.07, 6.45) is 1.94. The van der Waals surface area contributed by atoms with Crippen molar-refractivity contribution >= 4 is 11.9 Å². The first-order chi connectivity index (χ1) is 7.47. The van der Waals surface area contributed by atoms with Gasteiger partial charge in [-0.05, 0) is 12.5 Å². The highest BCUT2D eigenvalue weighted by molar-refractivity contribution is 5.91. The highest BCUT2D eigenvalue weighted by atomic mass is 16.4. The number of carboxylic acid groups (broad SMARTS) is 1. The van der Waals surface area contributed by atoms with E-state index in [1.54, 1.807) is 21.0 Å². The monoisotopic (exact) mass is 225 g/mol. The van der Waals surface area contributed by atoms with E-state index in [-0.39, 0.29) is 11.6 Å². The van der Waals surface area contributed by atoms with Crippen LogP contribution >= 0.6 is 0 Å². The Morgan fingerprint density at radius 2 is 2.19 bits per heavy atom. The molecule has 6 nitrogen and oxygen atoms in total. The smallest absolute Gasteiger partial charge is 0.328 e. The van der Waals surface area contributed by atoms with E-state index >= 15 is 0 Å². The Kier molecular flexibility index (Phi) is 3.65. The lowest BCUT2D eigenvalue weighted by atomic mass is 10.2. The molecule has 1 aromatic heterocycles. The van der Waals surface area contributed by atoms with Gasteiger partial charge in [0.15, 0.2) is 0 Å². The van der Waals surface area contributed by atoms with Gasteiger partial charge in [-0.3, -0.25) is 9.48 Å². The first-order valence-electron chi connectivity index (χ1n) is 4.97. The lowest BCUT2D eigenvalue weighted by molar-refractivity contribution is -0.141. The topological polar surface area (TPSA) is 75.4 Å². The number of amides is 1. The summed E-state index contributed by atoms with van der Waals surface area (Å²) >= 11 is 0. The summed E-state index contributed by atoms with van der Waals surface area (Å²) in [5.74, 6) is -1.19. The van der Waals surface area contributed by atoms with Gasteiger partial charge < -0.3 is 10.0 Å². The van der Waals surface area contributed by atoms with Gasteiger partial charge in [-0.15, -0.1) is 0 Å². The van der Waals surface area contributed by atoms with Crippen molar-refractivity contribution in [2.45, 2.75) is 19.4 Å². The maximum absolute atomic E-state index is 11.5. The highest BCUT2D eigenvalue weighted by Gasteiger charge is 2.20. The summed E-state index contributed by atoms with van der Waals surface area (Å²) in [4.78, 5) is 23.8. The molecule has 0 radical (unpaired) electrons. The van der Waals surface area contributed by atoms with E-state index in [1.165, 1.54) is 21.8 Å². The highest BCUT2D eigenvalue weighted by Crippen LogP contribution is 2.11. The Morgan fingerprint density at radius 3 is 2.62 bits per heavy atom. The molecule has 1 atom stereocenters. The van der Waals surface area contributed by atoms with Crippen LogP contribution in [-0.4, -0.2) is 45.8 Å². The molecule has 1 N–H and O–H groups in total. The van der Waals surface area contributed by atoms with Crippen LogP contribution in [0.4, 0.5) is 0 Å². The third-order valence-electron chi connectivity index (χ3n) is 2.22. The second kappa shape index (κ2) is 4.78. The summed E-state index contributed by atoms with van der Waals surface area (Å²) in [7, 11) is 3.24. The van der Waals surface area contributed by atoms with Crippen LogP contribution in [0.15, 0.2) is 12.3 Å². The largest absolute Gasteiger partial charge is 0.480 e. The van der Waals surface area contributed by atoms with Crippen LogP contribution in [0.3, 0.4) is 0 Å². The number of aliphatic carboxylic acids is 1. The first kappa shape index (κ1) is 12.2. The number of carbonyl (C=O) groups excluding carboxylic acids is 1. The SMILES string of the molecule is CCC(C(=O)O)n1ccc(C(=O)N(C)C)n1. The lowest BCUT2D eigenvalue weighted by Crippen LogP contribution is -2.23. The standard InChI is InChI=1S/C10H15N3O3/c1-4-8(10(15)16)13-6-5-7(11-13)9(14)12(2)3/h5-6,8H,4H2,1-3H3,(H,15,16). The average Bonchev–Trinajstić information content (AvgIpc) is 2.66. The number of nitrogens with zero attached hydrogens (tertiary/aromatic N) is 3. The molecule has 0 aliphatic rings. The summed E-state index contributed by atoms with van der Waals surface area (Å²) < 4.78 is 1.30. The summed E-state index contributed by atoms with van der Waals surface area (Å²) in [5.41, 5.74) is 0.254. The van der Waals surface area contributed by atoms with Crippen molar-refractivity contribution in [1.29, 1.82) is 0 Å². The third-order valence-corrected chi connectivity index (χ3v) is 2.22. The molecule has 6 heteroatoms. The number of rotatable bonds is 4. The molecule has 1 aromatic rings. The maximum atomic E-state index is 11.5. The minimum absolute atomic E-state index is 0.237. The van der Waals surface area contributed by atoms with Crippen molar-refractivity contribution in [3.8, 4) is 0 Å². The molecule has 88 valence electrons. The van der Waals surface area contributed by atoms with Crippen LogP contribution in [0.5, 0.6) is 0 Å². The van der Waals surface area contributed by atoms with Gasteiger partial charge in [-0.1, -0.05) is 6.92 Å². The Bertz CT molecular complexity index is 398. The van der Waals surface area contributed by atoms with Gasteiger partial charge >= 0.3 is 5.97 Å². The van der Waals surface area contributed by atoms with Gasteiger partial charge in [0.05, 0.1) is 0 Å². The van der Waals surface area contributed by atoms with Crippen LogP contribution in [0.25, 0.3) is 0 Å². The zero-order valence-electron chi connectivity index (χ0n) is 9.54. The van der Waals surface area contributed by atoms with Gasteiger partial charge in [0, 0.05) is 20.3 Å². The van der Waals surface area contributed by atoms with E-state index < -0.39 is 12.0 Å². The minimum atomic E-state index is -0.950. The van der Waals surface area contributed by atoms with Crippen LogP contribution < -0.4 is 0 Å². The predicted molar refractivity (Wildman–Crippen MR) is 57.2 cm³/mol. The average molecular weight is 225 g/mol. The van der Waals surface area contributed by atoms with Crippen molar-refractivity contribution in [3.63, 3.8) is 0 Å². The Balaban J connectivity index is 2.94. The Hall–Kier alpha value is -1.85. The van der Waals surface area contributed by atoms with Gasteiger partial charge in [0.2, 0.25) is 0 Å². The van der Waals surface area contributed by atoms with Gasteiger partial charge in [-0.25, -0.2) is 4.79 Å². The maximum Gasteiger partial charge on any atom is 0.328 e. The Labute approximate surface area is 93.5 Å². The number of carboxylic acids is 1. The normalized spacial score (nSPS) is 12.2. The fourth-order valence-electron chi connectivity index (χ4n) is 1.33. The minimum Gasteiger partial charge on any atom is -0.480 e. The van der Waals surface area contributed by atoms with Crippen LogP contribution in [0.1, 0.15) is 29.9 Å². The molecule has 0 aromatic carbocycles. The molecule has 1 unspecified atom stereocenters. The van der Waals surface area contributed by atoms with Crippen LogP contribution in [0.2, 0.25) is 0 Å². The fraction of sp³-hybridized carbons (Fsp3) is 0.500. The molecule has 0 bridgehead atoms. The summed E-state index contributed by atoms with van der Waals surface area (Å²) in [6.45, 7) is 1.76. The van der Waals surface area contributed by atoms with Crippen molar-refractivity contribution in [3.05, 3.63) is 18.0 Å². The molecule has 0 aliphatic carbocycles. The molecular formula is C10H15N3O3. The van der Waals surface area contributed by atoms with Crippen molar-refractivity contribution < 1.29 is 14.7 Å². The van der Waals surface area contributed by atoms with Crippen molar-refractivity contribution in [2.75, 3.05) is 14.1 Å². The van der Waals surface area contributed by atoms with Gasteiger partial charge in [0.1, 0.15) is 11.7 Å². The van der Waals surface area contributed by atoms with Crippen LogP contribution in [0, 0.1) is 0 Å². The molecule has 1 heterocycles. The van der Waals surface area contributed by atoms with Crippen molar-refractivity contribution in [1.82, 2.24) is 14.7 Å². The molecule has 0 fully saturated rings. The quantitative estimate of drug-likeness (QED) is 0.815. The van der Waals surface area contributed by atoms with E-state index in [9.17, 15) is 9.59 Å². The number of hydrogen-bond donors (Lipinski definition) is 1. The van der Waals surface area contributed by atoms with E-state index in [4.69, 9.17) is 5.11 Å². The Morgan fingerprint density at radius 1 is 1.56 bits per heavy atom. The molecular weight excluding hydrogens is 210 g/mol. The van der Waals surface area contributed by atoms with E-state index in [1.807, 2.05) is 0 Å². The number of aromatic nitrogens is 2. The number of hydrogen-bond acceptors (Lipinski definition) is 3. The lowest BCUT2D eigenvalue weighted by Gasteiger charge is -2.10. The summed E-state index contributed by atoms with van der Waals surface area (Å²) in [5, 5.41) is 12.9. The fourth-order valence-corrected chi connectivity index (χ4v) is 1.33. The van der Waals surface area contributed by atoms with E-state index in [2.05, 4.69) is 5.10 Å². The number of carbonyl (C=O) groups is 2. The second-order valence-corrected chi connectivity index (χ2v) is 3.64. The molecule has 16 heavy (non-hydrogen) atoms. The second-order valence-electron chi connectivity index (χ2n) is 3.64. The predicted octanol–water partition coefficient (Wildman–Crippen LogP) is 0.621. The molecule has 0 saturated heterocycles. The van der Waals surface area contributed by atoms with Gasteiger partial charge in [-0.2, -0.15) is 5.10 Å². The molecule has 1 amide bonds. The van der Waals surface area contributed by atoms with Crippen LogP contribution in [-0.2, 0) is 4.79 Å². The van der Waals surface area contributed by atoms with Crippen molar-refractivity contribution in [2.24, 2.45) is 0 Å². The van der Waals surface area contributed by atoms with E-state index in [0.29, 0.717) is 6.42 Å². The first-order valence-corrected chi connectivity index (χ1v) is 4.97. The molecule has 0 spiro atoms. The molecule has 0 aliphatic heterocycles. The van der Waals surface area contributed by atoms with Gasteiger partial charge in [0.25, 0.3) is 5.91 Å².